The Morgan fingerprint density at radius 1 is 1.75 bits per heavy atom. The predicted molar refractivity (Wildman–Crippen MR) is 32.5 cm³/mol. The van der Waals surface area contributed by atoms with E-state index in [1.807, 2.05) is 19.1 Å². The second-order valence-electron chi connectivity index (χ2n) is 1.85. The lowest BCUT2D eigenvalue weighted by molar-refractivity contribution is 0.958. The summed E-state index contributed by atoms with van der Waals surface area (Å²) in [7, 11) is 0. The Hall–Kier alpha value is -0.920. The Morgan fingerprint density at radius 3 is 2.75 bits per heavy atom. The van der Waals surface area contributed by atoms with Crippen LogP contribution in [0.2, 0.25) is 0 Å². The van der Waals surface area contributed by atoms with Crippen molar-refractivity contribution in [1.29, 1.82) is 0 Å². The van der Waals surface area contributed by atoms with Crippen LogP contribution < -0.4 is 0 Å². The molecule has 1 aliphatic carbocycles. The van der Waals surface area contributed by atoms with Crippen molar-refractivity contribution in [3.8, 4) is 0 Å². The van der Waals surface area contributed by atoms with E-state index in [-0.39, 0.29) is 6.04 Å². The van der Waals surface area contributed by atoms with Crippen LogP contribution >= 0.6 is 0 Å². The normalized spacial score (nSPS) is 25.6. The minimum Gasteiger partial charge on any atom is -0.150 e. The zero-order chi connectivity index (χ0) is 5.98. The molecule has 0 N–H and O–H groups in total. The standard InChI is InChI=1S/C6H7NO/c1-5-3-2-4-6(5)7-8/h2-4,6H,1H3. The molecule has 42 valence electrons. The van der Waals surface area contributed by atoms with Gasteiger partial charge in [-0.15, -0.1) is 4.91 Å². The van der Waals surface area contributed by atoms with Crippen LogP contribution in [0, 0.1) is 4.91 Å². The highest BCUT2D eigenvalue weighted by Crippen LogP contribution is 2.12. The molecule has 1 unspecified atom stereocenters. The summed E-state index contributed by atoms with van der Waals surface area (Å²) in [5.74, 6) is 0. The van der Waals surface area contributed by atoms with Crippen molar-refractivity contribution in [1.82, 2.24) is 0 Å². The molecule has 8 heavy (non-hydrogen) atoms. The topological polar surface area (TPSA) is 29.4 Å². The van der Waals surface area contributed by atoms with Gasteiger partial charge in [0, 0.05) is 0 Å². The molecule has 0 saturated carbocycles. The summed E-state index contributed by atoms with van der Waals surface area (Å²) in [6.45, 7) is 1.89. The number of nitroso groups, excluding NO2 is 1. The Bertz CT molecular complexity index is 158. The van der Waals surface area contributed by atoms with E-state index in [1.165, 1.54) is 0 Å². The quantitative estimate of drug-likeness (QED) is 0.470. The molecule has 0 aromatic rings. The maximum absolute atomic E-state index is 9.88. The van der Waals surface area contributed by atoms with Crippen LogP contribution in [0.3, 0.4) is 0 Å². The largest absolute Gasteiger partial charge is 0.150 e. The molecule has 0 saturated heterocycles. The summed E-state index contributed by atoms with van der Waals surface area (Å²) >= 11 is 0. The highest BCUT2D eigenvalue weighted by molar-refractivity contribution is 5.29. The lowest BCUT2D eigenvalue weighted by Crippen LogP contribution is -1.94. The molecule has 0 amide bonds. The lowest BCUT2D eigenvalue weighted by Gasteiger charge is -1.93. The van der Waals surface area contributed by atoms with Gasteiger partial charge >= 0.3 is 0 Å². The van der Waals surface area contributed by atoms with E-state index in [0.717, 1.165) is 5.57 Å². The lowest BCUT2D eigenvalue weighted by atomic mass is 10.2. The first kappa shape index (κ1) is 5.22. The number of nitrogens with zero attached hydrogens (tertiary/aromatic N) is 1. The zero-order valence-electron chi connectivity index (χ0n) is 4.66. The molecular weight excluding hydrogens is 102 g/mol. The highest BCUT2D eigenvalue weighted by atomic mass is 16.3. The number of hydrogen-bond acceptors (Lipinski definition) is 2. The first-order valence-electron chi connectivity index (χ1n) is 2.52. The maximum atomic E-state index is 9.88. The van der Waals surface area contributed by atoms with Crippen LogP contribution in [0.25, 0.3) is 0 Å². The molecule has 2 heteroatoms. The average molecular weight is 109 g/mol. The molecule has 0 aliphatic heterocycles. The van der Waals surface area contributed by atoms with E-state index < -0.39 is 0 Å². The highest BCUT2D eigenvalue weighted by Gasteiger charge is 2.08. The third kappa shape index (κ3) is 0.689. The SMILES string of the molecule is CC1=CC=CC1N=O. The molecular formula is C6H7NO. The molecule has 0 bridgehead atoms. The minimum atomic E-state index is -0.185. The van der Waals surface area contributed by atoms with Crippen LogP contribution in [0.15, 0.2) is 29.0 Å². The van der Waals surface area contributed by atoms with E-state index >= 15 is 0 Å². The van der Waals surface area contributed by atoms with Gasteiger partial charge < -0.3 is 0 Å². The van der Waals surface area contributed by atoms with Crippen LogP contribution in [-0.4, -0.2) is 6.04 Å². The van der Waals surface area contributed by atoms with Crippen LogP contribution in [-0.2, 0) is 0 Å². The molecule has 0 aromatic heterocycles. The third-order valence-electron chi connectivity index (χ3n) is 1.23. The van der Waals surface area contributed by atoms with Crippen molar-refractivity contribution in [3.63, 3.8) is 0 Å². The van der Waals surface area contributed by atoms with Gasteiger partial charge in [0.2, 0.25) is 0 Å². The molecule has 2 nitrogen and oxygen atoms in total. The van der Waals surface area contributed by atoms with Gasteiger partial charge in [0.15, 0.2) is 0 Å². The summed E-state index contributed by atoms with van der Waals surface area (Å²) < 4.78 is 0. The van der Waals surface area contributed by atoms with E-state index in [1.54, 1.807) is 6.08 Å². The van der Waals surface area contributed by atoms with Crippen LogP contribution in [0.5, 0.6) is 0 Å². The minimum absolute atomic E-state index is 0.185. The van der Waals surface area contributed by atoms with Crippen molar-refractivity contribution < 1.29 is 0 Å². The fourth-order valence-electron chi connectivity index (χ4n) is 0.681. The fraction of sp³-hybridized carbons (Fsp3) is 0.333. The zero-order valence-corrected chi connectivity index (χ0v) is 4.66. The molecule has 0 radical (unpaired) electrons. The molecule has 0 spiro atoms. The Morgan fingerprint density at radius 2 is 2.50 bits per heavy atom. The second-order valence-corrected chi connectivity index (χ2v) is 1.85. The first-order valence-corrected chi connectivity index (χ1v) is 2.52. The summed E-state index contributed by atoms with van der Waals surface area (Å²) in [6, 6.07) is -0.185. The maximum Gasteiger partial charge on any atom is 0.131 e. The van der Waals surface area contributed by atoms with Gasteiger partial charge in [-0.05, 0) is 12.5 Å². The Balaban J connectivity index is 2.71. The smallest absolute Gasteiger partial charge is 0.131 e. The van der Waals surface area contributed by atoms with Crippen molar-refractivity contribution in [2.24, 2.45) is 5.18 Å². The molecule has 0 heterocycles. The van der Waals surface area contributed by atoms with Crippen molar-refractivity contribution >= 4 is 0 Å². The van der Waals surface area contributed by atoms with Crippen molar-refractivity contribution in [2.75, 3.05) is 0 Å². The molecule has 1 aliphatic rings. The molecule has 0 aromatic carbocycles. The van der Waals surface area contributed by atoms with Gasteiger partial charge in [-0.2, -0.15) is 0 Å². The predicted octanol–water partition coefficient (Wildman–Crippen LogP) is 1.64. The third-order valence-corrected chi connectivity index (χ3v) is 1.23. The Kier molecular flexibility index (Phi) is 1.24. The van der Waals surface area contributed by atoms with Gasteiger partial charge in [-0.3, -0.25) is 0 Å². The summed E-state index contributed by atoms with van der Waals surface area (Å²) in [5.41, 5.74) is 1.03. The van der Waals surface area contributed by atoms with Crippen molar-refractivity contribution in [2.45, 2.75) is 13.0 Å². The Labute approximate surface area is 47.9 Å². The molecule has 1 rings (SSSR count). The summed E-state index contributed by atoms with van der Waals surface area (Å²) in [5, 5.41) is 2.86. The van der Waals surface area contributed by atoms with Gasteiger partial charge in [0.05, 0.1) is 0 Å². The van der Waals surface area contributed by atoms with Crippen molar-refractivity contribution in [3.05, 3.63) is 28.7 Å². The summed E-state index contributed by atoms with van der Waals surface area (Å²) in [6.07, 6.45) is 5.52. The molecule has 0 fully saturated rings. The first-order chi connectivity index (χ1) is 3.84. The molecule has 1 atom stereocenters. The number of allylic oxidation sites excluding steroid dienone is 2. The fourth-order valence-corrected chi connectivity index (χ4v) is 0.681. The number of rotatable bonds is 1. The van der Waals surface area contributed by atoms with E-state index in [4.69, 9.17) is 0 Å². The van der Waals surface area contributed by atoms with E-state index in [0.29, 0.717) is 0 Å². The van der Waals surface area contributed by atoms with Gasteiger partial charge in [0.25, 0.3) is 0 Å². The van der Waals surface area contributed by atoms with E-state index in [2.05, 4.69) is 5.18 Å². The number of hydrogen-bond donors (Lipinski definition) is 0. The average Bonchev–Trinajstić information content (AvgIpc) is 2.14. The van der Waals surface area contributed by atoms with Crippen LogP contribution in [0.4, 0.5) is 0 Å². The summed E-state index contributed by atoms with van der Waals surface area (Å²) in [4.78, 5) is 9.88. The van der Waals surface area contributed by atoms with Gasteiger partial charge in [0.1, 0.15) is 6.04 Å². The monoisotopic (exact) mass is 109 g/mol. The second kappa shape index (κ2) is 1.90. The van der Waals surface area contributed by atoms with Gasteiger partial charge in [-0.1, -0.05) is 23.4 Å². The van der Waals surface area contributed by atoms with Gasteiger partial charge in [-0.25, -0.2) is 0 Å². The van der Waals surface area contributed by atoms with Crippen LogP contribution in [0.1, 0.15) is 6.92 Å². The van der Waals surface area contributed by atoms with E-state index in [9.17, 15) is 4.91 Å².